The molecule has 12 atom stereocenters. The summed E-state index contributed by atoms with van der Waals surface area (Å²) in [6.45, 7) is 7.34. The number of likely N-dealkylation sites (N-methyl/N-ethyl adjacent to an activating group) is 1. The molecule has 7 heteroatoms. The summed E-state index contributed by atoms with van der Waals surface area (Å²) in [4.78, 5) is 11.8. The molecule has 0 aromatic heterocycles. The Balaban J connectivity index is 1.14. The van der Waals surface area contributed by atoms with E-state index in [9.17, 15) is 9.90 Å². The Hall–Kier alpha value is -0.990. The van der Waals surface area contributed by atoms with Crippen molar-refractivity contribution in [2.75, 3.05) is 20.8 Å². The monoisotopic (exact) mass is 531 g/mol. The minimum absolute atomic E-state index is 0.0465. The lowest BCUT2D eigenvalue weighted by molar-refractivity contribution is -0.256. The van der Waals surface area contributed by atoms with Crippen LogP contribution in [-0.4, -0.2) is 68.1 Å². The molecule has 0 spiro atoms. The van der Waals surface area contributed by atoms with Gasteiger partial charge in [0.15, 0.2) is 6.29 Å². The van der Waals surface area contributed by atoms with Crippen molar-refractivity contribution in [3.63, 3.8) is 0 Å². The van der Waals surface area contributed by atoms with Crippen LogP contribution in [0.25, 0.3) is 0 Å². The van der Waals surface area contributed by atoms with Crippen LogP contribution in [0.2, 0.25) is 0 Å². The molecule has 6 aliphatic rings. The molecule has 38 heavy (non-hydrogen) atoms. The van der Waals surface area contributed by atoms with Gasteiger partial charge in [0.05, 0.1) is 30.0 Å². The van der Waals surface area contributed by atoms with Gasteiger partial charge in [0, 0.05) is 25.0 Å². The summed E-state index contributed by atoms with van der Waals surface area (Å²) >= 11 is 0. The highest BCUT2D eigenvalue weighted by Crippen LogP contribution is 2.70. The standard InChI is InChI=1S/C31H49NO6/c1-18-28(32-4)25(35-5)16-27(37-18)38-21-8-11-29(2)20(15-21)6-7-24-23(29)9-12-30(3)22(10-13-31(24,30)34)19-14-26(33)36-17-19/h14,18,20-25,27-28,32,34H,6-13,15-17H2,1-5H3/t18-,20-,21+,22-,23+,24-,25+,27+,28-,29+,30-,31+/m1/s1. The van der Waals surface area contributed by atoms with Crippen molar-refractivity contribution in [3.8, 4) is 0 Å². The number of aliphatic hydroxyl groups is 1. The second-order valence-corrected chi connectivity index (χ2v) is 13.9. The fraction of sp³-hybridized carbons (Fsp3) is 0.903. The van der Waals surface area contributed by atoms with Crippen LogP contribution < -0.4 is 5.32 Å². The predicted molar refractivity (Wildman–Crippen MR) is 143 cm³/mol. The van der Waals surface area contributed by atoms with Crippen molar-refractivity contribution < 1.29 is 28.8 Å². The summed E-state index contributed by atoms with van der Waals surface area (Å²) in [5.74, 6) is 1.56. The van der Waals surface area contributed by atoms with Crippen LogP contribution in [0.5, 0.6) is 0 Å². The molecule has 0 bridgehead atoms. The third kappa shape index (κ3) is 4.05. The number of rotatable bonds is 5. The van der Waals surface area contributed by atoms with Crippen LogP contribution in [0.15, 0.2) is 11.6 Å². The fourth-order valence-electron chi connectivity index (χ4n) is 10.5. The van der Waals surface area contributed by atoms with Crippen molar-refractivity contribution in [1.29, 1.82) is 0 Å². The first-order chi connectivity index (χ1) is 18.1. The third-order valence-electron chi connectivity index (χ3n) is 12.6. The number of nitrogens with one attached hydrogen (secondary N) is 1. The Morgan fingerprint density at radius 2 is 1.87 bits per heavy atom. The van der Waals surface area contributed by atoms with E-state index in [4.69, 9.17) is 18.9 Å². The normalized spacial score (nSPS) is 52.5. The minimum atomic E-state index is -0.653. The molecular weight excluding hydrogens is 482 g/mol. The SMILES string of the molecule is CN[C@H]1[C@@H](OC)C[C@H](O[C@H]2CC[C@@]3(C)[C@H](CC[C@@H]4[C@@H]3CC[C@]3(C)[C@@H](C5=CC(=O)OC5)CC[C@]43O)C2)O[C@@H]1C. The van der Waals surface area contributed by atoms with E-state index in [2.05, 4.69) is 26.1 Å². The van der Waals surface area contributed by atoms with Crippen molar-refractivity contribution in [2.45, 2.75) is 121 Å². The van der Waals surface area contributed by atoms with E-state index in [1.165, 1.54) is 6.42 Å². The van der Waals surface area contributed by atoms with E-state index < -0.39 is 5.60 Å². The van der Waals surface area contributed by atoms with Crippen LogP contribution in [-0.2, 0) is 23.7 Å². The maximum absolute atomic E-state index is 12.4. The Morgan fingerprint density at radius 3 is 2.58 bits per heavy atom. The number of fused-ring (bicyclic) bond motifs is 5. The zero-order valence-corrected chi connectivity index (χ0v) is 24.0. The van der Waals surface area contributed by atoms with Gasteiger partial charge in [-0.2, -0.15) is 0 Å². The average molecular weight is 532 g/mol. The van der Waals surface area contributed by atoms with Gasteiger partial charge in [-0.15, -0.1) is 0 Å². The highest BCUT2D eigenvalue weighted by atomic mass is 16.7. The Kier molecular flexibility index (Phi) is 7.03. The molecule has 0 radical (unpaired) electrons. The summed E-state index contributed by atoms with van der Waals surface area (Å²) in [7, 11) is 3.75. The molecule has 214 valence electrons. The summed E-state index contributed by atoms with van der Waals surface area (Å²) in [6, 6.07) is 0.181. The maximum atomic E-state index is 12.4. The van der Waals surface area contributed by atoms with E-state index in [0.717, 1.165) is 63.4 Å². The molecule has 1 saturated heterocycles. The molecule has 0 unspecified atom stereocenters. The zero-order valence-electron chi connectivity index (χ0n) is 24.0. The number of ether oxygens (including phenoxy) is 4. The number of esters is 1. The van der Waals surface area contributed by atoms with Crippen molar-refractivity contribution in [1.82, 2.24) is 5.32 Å². The third-order valence-corrected chi connectivity index (χ3v) is 12.6. The van der Waals surface area contributed by atoms with E-state index >= 15 is 0 Å². The molecule has 0 aromatic rings. The van der Waals surface area contributed by atoms with Gasteiger partial charge < -0.3 is 29.4 Å². The first kappa shape index (κ1) is 27.2. The van der Waals surface area contributed by atoms with Gasteiger partial charge in [0.25, 0.3) is 0 Å². The molecular formula is C31H49NO6. The lowest BCUT2D eigenvalue weighted by Gasteiger charge is -2.64. The summed E-state index contributed by atoms with van der Waals surface area (Å²) in [6.07, 6.45) is 12.2. The van der Waals surface area contributed by atoms with Crippen LogP contribution in [0.3, 0.4) is 0 Å². The van der Waals surface area contributed by atoms with Gasteiger partial charge in [0.1, 0.15) is 6.61 Å². The quantitative estimate of drug-likeness (QED) is 0.403. The second kappa shape index (κ2) is 9.83. The highest BCUT2D eigenvalue weighted by Gasteiger charge is 2.67. The number of hydrogen-bond acceptors (Lipinski definition) is 7. The first-order valence-electron chi connectivity index (χ1n) is 15.2. The fourth-order valence-corrected chi connectivity index (χ4v) is 10.5. The first-order valence-corrected chi connectivity index (χ1v) is 15.2. The van der Waals surface area contributed by atoms with Gasteiger partial charge in [-0.05, 0) is 106 Å². The maximum Gasteiger partial charge on any atom is 0.331 e. The van der Waals surface area contributed by atoms with Gasteiger partial charge in [-0.25, -0.2) is 4.79 Å². The molecule has 2 heterocycles. The van der Waals surface area contributed by atoms with Crippen molar-refractivity contribution in [3.05, 3.63) is 11.6 Å². The Morgan fingerprint density at radius 1 is 1.05 bits per heavy atom. The molecule has 2 N–H and O–H groups in total. The number of hydrogen-bond donors (Lipinski definition) is 2. The van der Waals surface area contributed by atoms with Crippen molar-refractivity contribution in [2.24, 2.45) is 34.5 Å². The molecule has 7 nitrogen and oxygen atoms in total. The average Bonchev–Trinajstić information content (AvgIpc) is 3.43. The lowest BCUT2D eigenvalue weighted by Crippen LogP contribution is -2.62. The lowest BCUT2D eigenvalue weighted by atomic mass is 9.43. The zero-order chi connectivity index (χ0) is 26.9. The van der Waals surface area contributed by atoms with E-state index in [0.29, 0.717) is 24.4 Å². The van der Waals surface area contributed by atoms with E-state index in [1.807, 2.05) is 7.05 Å². The number of carbonyl (C=O) groups is 1. The van der Waals surface area contributed by atoms with Crippen LogP contribution in [0.4, 0.5) is 0 Å². The Bertz CT molecular complexity index is 955. The van der Waals surface area contributed by atoms with Gasteiger partial charge in [0.2, 0.25) is 0 Å². The van der Waals surface area contributed by atoms with Gasteiger partial charge in [-0.1, -0.05) is 13.8 Å². The highest BCUT2D eigenvalue weighted by molar-refractivity contribution is 5.85. The summed E-state index contributed by atoms with van der Waals surface area (Å²) in [5.41, 5.74) is 0.534. The minimum Gasteiger partial charge on any atom is -0.458 e. The Labute approximate surface area is 228 Å². The van der Waals surface area contributed by atoms with Gasteiger partial charge in [-0.3, -0.25) is 0 Å². The molecule has 4 saturated carbocycles. The summed E-state index contributed by atoms with van der Waals surface area (Å²) < 4.78 is 23.9. The molecule has 2 aliphatic heterocycles. The van der Waals surface area contributed by atoms with E-state index in [-0.39, 0.29) is 53.4 Å². The topological polar surface area (TPSA) is 86.3 Å². The number of cyclic esters (lactones) is 1. The molecule has 6 rings (SSSR count). The van der Waals surface area contributed by atoms with Crippen LogP contribution >= 0.6 is 0 Å². The smallest absolute Gasteiger partial charge is 0.331 e. The number of carbonyl (C=O) groups excluding carboxylic acids is 1. The number of methoxy groups -OCH3 is 1. The second-order valence-electron chi connectivity index (χ2n) is 13.9. The van der Waals surface area contributed by atoms with E-state index in [1.54, 1.807) is 13.2 Å². The van der Waals surface area contributed by atoms with Crippen LogP contribution in [0, 0.1) is 34.5 Å². The molecule has 0 aromatic carbocycles. The molecule has 0 amide bonds. The van der Waals surface area contributed by atoms with Crippen molar-refractivity contribution >= 4 is 5.97 Å². The van der Waals surface area contributed by atoms with Gasteiger partial charge >= 0.3 is 5.97 Å². The largest absolute Gasteiger partial charge is 0.458 e. The molecule has 5 fully saturated rings. The molecule has 4 aliphatic carbocycles. The summed E-state index contributed by atoms with van der Waals surface area (Å²) in [5, 5.41) is 15.8. The predicted octanol–water partition coefficient (Wildman–Crippen LogP) is 4.37. The van der Waals surface area contributed by atoms with Crippen LogP contribution in [0.1, 0.15) is 85.0 Å².